The van der Waals surface area contributed by atoms with Crippen LogP contribution < -0.4 is 5.56 Å². The van der Waals surface area contributed by atoms with Crippen LogP contribution >= 0.6 is 15.9 Å². The molecule has 0 saturated carbocycles. The first-order chi connectivity index (χ1) is 8.11. The third kappa shape index (κ3) is 2.36. The molecule has 0 N–H and O–H groups in total. The molecular formula is C11H9BrN2O3. The zero-order valence-electron chi connectivity index (χ0n) is 9.01. The van der Waals surface area contributed by atoms with E-state index in [-0.39, 0.29) is 12.1 Å². The highest BCUT2D eigenvalue weighted by Gasteiger charge is 2.08. The normalized spacial score (nSPS) is 10.5. The van der Waals surface area contributed by atoms with Gasteiger partial charge in [-0.05, 0) is 18.2 Å². The first-order valence-corrected chi connectivity index (χ1v) is 5.63. The average Bonchev–Trinajstić information content (AvgIpc) is 2.32. The molecule has 6 heteroatoms. The molecule has 1 heterocycles. The van der Waals surface area contributed by atoms with Crippen molar-refractivity contribution in [3.05, 3.63) is 39.2 Å². The molecular weight excluding hydrogens is 288 g/mol. The van der Waals surface area contributed by atoms with E-state index >= 15 is 0 Å². The molecule has 0 radical (unpaired) electrons. The molecule has 0 atom stereocenters. The van der Waals surface area contributed by atoms with Crippen LogP contribution in [0.1, 0.15) is 0 Å². The Bertz CT molecular complexity index is 636. The van der Waals surface area contributed by atoms with E-state index in [2.05, 4.69) is 25.8 Å². The third-order valence-corrected chi connectivity index (χ3v) is 2.81. The molecule has 1 aromatic heterocycles. The average molecular weight is 297 g/mol. The molecule has 0 aliphatic rings. The fourth-order valence-corrected chi connectivity index (χ4v) is 1.84. The maximum Gasteiger partial charge on any atom is 0.327 e. The number of carbonyl (C=O) groups is 1. The van der Waals surface area contributed by atoms with Gasteiger partial charge in [-0.3, -0.25) is 9.59 Å². The van der Waals surface area contributed by atoms with Crippen molar-refractivity contribution in [2.45, 2.75) is 6.54 Å². The molecule has 17 heavy (non-hydrogen) atoms. The van der Waals surface area contributed by atoms with Crippen molar-refractivity contribution in [3.8, 4) is 0 Å². The van der Waals surface area contributed by atoms with Gasteiger partial charge in [0.1, 0.15) is 6.54 Å². The van der Waals surface area contributed by atoms with Crippen molar-refractivity contribution in [3.63, 3.8) is 0 Å². The number of aromatic nitrogens is 2. The van der Waals surface area contributed by atoms with E-state index in [4.69, 9.17) is 0 Å². The van der Waals surface area contributed by atoms with Crippen molar-refractivity contribution in [1.82, 2.24) is 9.78 Å². The van der Waals surface area contributed by atoms with E-state index in [1.807, 2.05) is 0 Å². The Balaban J connectivity index is 2.54. The number of halogens is 1. The van der Waals surface area contributed by atoms with Crippen molar-refractivity contribution >= 4 is 32.7 Å². The number of carbonyl (C=O) groups excluding carboxylic acids is 1. The Kier molecular flexibility index (Phi) is 3.23. The van der Waals surface area contributed by atoms with E-state index in [1.165, 1.54) is 7.11 Å². The van der Waals surface area contributed by atoms with Crippen LogP contribution in [0.3, 0.4) is 0 Å². The Morgan fingerprint density at radius 3 is 3.00 bits per heavy atom. The summed E-state index contributed by atoms with van der Waals surface area (Å²) in [5.74, 6) is -0.504. The van der Waals surface area contributed by atoms with Crippen LogP contribution in [0.25, 0.3) is 10.8 Å². The predicted molar refractivity (Wildman–Crippen MR) is 65.7 cm³/mol. The molecule has 2 aromatic rings. The number of hydrogen-bond acceptors (Lipinski definition) is 4. The Labute approximate surface area is 105 Å². The van der Waals surface area contributed by atoms with Gasteiger partial charge in [0, 0.05) is 9.86 Å². The molecule has 0 aliphatic carbocycles. The second kappa shape index (κ2) is 4.67. The lowest BCUT2D eigenvalue weighted by atomic mass is 10.2. The number of nitrogens with zero attached hydrogens (tertiary/aromatic N) is 2. The van der Waals surface area contributed by atoms with Crippen LogP contribution in [-0.4, -0.2) is 22.9 Å². The number of rotatable bonds is 2. The van der Waals surface area contributed by atoms with Crippen LogP contribution in [0.2, 0.25) is 0 Å². The number of benzene rings is 1. The lowest BCUT2D eigenvalue weighted by Gasteiger charge is -2.04. The predicted octanol–water partition coefficient (Wildman–Crippen LogP) is 1.33. The molecule has 88 valence electrons. The highest BCUT2D eigenvalue weighted by atomic mass is 79.9. The van der Waals surface area contributed by atoms with E-state index in [1.54, 1.807) is 24.4 Å². The minimum Gasteiger partial charge on any atom is -0.468 e. The van der Waals surface area contributed by atoms with Gasteiger partial charge in [-0.15, -0.1) is 0 Å². The molecule has 1 aromatic carbocycles. The molecule has 2 rings (SSSR count). The quantitative estimate of drug-likeness (QED) is 0.785. The summed E-state index contributed by atoms with van der Waals surface area (Å²) in [6.45, 7) is -0.179. The van der Waals surface area contributed by atoms with Gasteiger partial charge in [-0.1, -0.05) is 15.9 Å². The molecule has 0 unspecified atom stereocenters. The molecule has 0 spiro atoms. The lowest BCUT2D eigenvalue weighted by molar-refractivity contribution is -0.141. The van der Waals surface area contributed by atoms with Gasteiger partial charge in [-0.25, -0.2) is 4.68 Å². The fourth-order valence-electron chi connectivity index (χ4n) is 1.46. The minimum absolute atomic E-state index is 0.179. The molecule has 0 saturated heterocycles. The summed E-state index contributed by atoms with van der Waals surface area (Å²) in [5, 5.41) is 5.17. The van der Waals surface area contributed by atoms with Crippen LogP contribution in [0.4, 0.5) is 0 Å². The Morgan fingerprint density at radius 2 is 2.29 bits per heavy atom. The minimum atomic E-state index is -0.504. The van der Waals surface area contributed by atoms with E-state index in [0.717, 1.165) is 14.5 Å². The summed E-state index contributed by atoms with van der Waals surface area (Å²) in [5.41, 5.74) is -0.305. The summed E-state index contributed by atoms with van der Waals surface area (Å²) < 4.78 is 6.45. The standard InChI is InChI=1S/C11H9BrN2O3/c1-17-10(15)6-14-11(16)9-3-2-8(12)4-7(9)5-13-14/h2-5H,6H2,1H3. The lowest BCUT2D eigenvalue weighted by Crippen LogP contribution is -2.27. The van der Waals surface area contributed by atoms with Gasteiger partial charge < -0.3 is 4.74 Å². The van der Waals surface area contributed by atoms with Crippen molar-refractivity contribution in [1.29, 1.82) is 0 Å². The molecule has 0 amide bonds. The van der Waals surface area contributed by atoms with Crippen LogP contribution in [0.5, 0.6) is 0 Å². The number of fused-ring (bicyclic) bond motifs is 1. The Hall–Kier alpha value is -1.69. The second-order valence-electron chi connectivity index (χ2n) is 3.42. The molecule has 5 nitrogen and oxygen atoms in total. The fraction of sp³-hybridized carbons (Fsp3) is 0.182. The molecule has 0 fully saturated rings. The van der Waals surface area contributed by atoms with Crippen LogP contribution in [0.15, 0.2) is 33.7 Å². The van der Waals surface area contributed by atoms with E-state index in [0.29, 0.717) is 5.39 Å². The molecule has 0 bridgehead atoms. The number of esters is 1. The van der Waals surface area contributed by atoms with Gasteiger partial charge in [0.25, 0.3) is 5.56 Å². The summed E-state index contributed by atoms with van der Waals surface area (Å²) >= 11 is 3.32. The SMILES string of the molecule is COC(=O)Cn1ncc2cc(Br)ccc2c1=O. The van der Waals surface area contributed by atoms with Gasteiger partial charge >= 0.3 is 5.97 Å². The maximum atomic E-state index is 12.0. The second-order valence-corrected chi connectivity index (χ2v) is 4.33. The summed E-state index contributed by atoms with van der Waals surface area (Å²) in [6, 6.07) is 5.26. The van der Waals surface area contributed by atoms with Crippen molar-refractivity contribution < 1.29 is 9.53 Å². The van der Waals surface area contributed by atoms with E-state index < -0.39 is 5.97 Å². The maximum absolute atomic E-state index is 12.0. The van der Waals surface area contributed by atoms with Gasteiger partial charge in [0.15, 0.2) is 0 Å². The first-order valence-electron chi connectivity index (χ1n) is 4.84. The van der Waals surface area contributed by atoms with Crippen molar-refractivity contribution in [2.75, 3.05) is 7.11 Å². The topological polar surface area (TPSA) is 61.2 Å². The Morgan fingerprint density at radius 1 is 1.53 bits per heavy atom. The number of hydrogen-bond donors (Lipinski definition) is 0. The molecule has 0 aliphatic heterocycles. The van der Waals surface area contributed by atoms with Crippen LogP contribution in [0, 0.1) is 0 Å². The number of methoxy groups -OCH3 is 1. The summed E-state index contributed by atoms with van der Waals surface area (Å²) in [7, 11) is 1.27. The van der Waals surface area contributed by atoms with E-state index in [9.17, 15) is 9.59 Å². The van der Waals surface area contributed by atoms with Gasteiger partial charge in [-0.2, -0.15) is 5.10 Å². The third-order valence-electron chi connectivity index (χ3n) is 2.32. The van der Waals surface area contributed by atoms with Crippen LogP contribution in [-0.2, 0) is 16.1 Å². The summed E-state index contributed by atoms with van der Waals surface area (Å²) in [4.78, 5) is 23.1. The largest absolute Gasteiger partial charge is 0.468 e. The zero-order chi connectivity index (χ0) is 12.4. The monoisotopic (exact) mass is 296 g/mol. The summed E-state index contributed by atoms with van der Waals surface area (Å²) in [6.07, 6.45) is 1.55. The smallest absolute Gasteiger partial charge is 0.327 e. The first kappa shape index (κ1) is 11.8. The van der Waals surface area contributed by atoms with Crippen molar-refractivity contribution in [2.24, 2.45) is 0 Å². The number of ether oxygens (including phenoxy) is 1. The highest BCUT2D eigenvalue weighted by molar-refractivity contribution is 9.10. The van der Waals surface area contributed by atoms with Gasteiger partial charge in [0.05, 0.1) is 18.7 Å². The highest BCUT2D eigenvalue weighted by Crippen LogP contribution is 2.15. The zero-order valence-corrected chi connectivity index (χ0v) is 10.6. The van der Waals surface area contributed by atoms with Gasteiger partial charge in [0.2, 0.25) is 0 Å².